The number of carbonyl (C=O) groups excluding carboxylic acids is 2. The van der Waals surface area contributed by atoms with E-state index in [0.29, 0.717) is 5.69 Å². The summed E-state index contributed by atoms with van der Waals surface area (Å²) in [5.74, 6) is -0.368. The van der Waals surface area contributed by atoms with Gasteiger partial charge in [-0.1, -0.05) is 13.0 Å². The topological polar surface area (TPSA) is 70.0 Å². The number of fused-ring (bicyclic) bond motifs is 1. The fourth-order valence-electron chi connectivity index (χ4n) is 2.72. The Morgan fingerprint density at radius 2 is 2.00 bits per heavy atom. The molecule has 0 aliphatic carbocycles. The molecule has 7 heteroatoms. The molecular weight excluding hydrogens is 294 g/mol. The van der Waals surface area contributed by atoms with Crippen LogP contribution in [0, 0.1) is 0 Å². The number of carbonyl (C=O) groups is 2. The molecule has 1 aliphatic heterocycles. The third kappa shape index (κ3) is 3.50. The molecule has 0 aromatic carbocycles. The summed E-state index contributed by atoms with van der Waals surface area (Å²) in [5, 5.41) is 6.86. The number of nitrogens with one attached hydrogen (secondary N) is 1. The molecule has 1 N–H and O–H groups in total. The van der Waals surface area contributed by atoms with E-state index in [0.717, 1.165) is 38.2 Å². The summed E-state index contributed by atoms with van der Waals surface area (Å²) in [6, 6.07) is 7.32. The molecule has 1 saturated heterocycles. The second-order valence-electron chi connectivity index (χ2n) is 5.60. The summed E-state index contributed by atoms with van der Waals surface area (Å²) in [5.41, 5.74) is 1.17. The van der Waals surface area contributed by atoms with E-state index in [2.05, 4.69) is 22.2 Å². The molecule has 1 fully saturated rings. The van der Waals surface area contributed by atoms with E-state index < -0.39 is 0 Å². The van der Waals surface area contributed by atoms with E-state index in [9.17, 15) is 9.59 Å². The van der Waals surface area contributed by atoms with Crippen molar-refractivity contribution >= 4 is 17.3 Å². The summed E-state index contributed by atoms with van der Waals surface area (Å²) in [7, 11) is 0. The molecular formula is C16H21N5O2. The molecule has 23 heavy (non-hydrogen) atoms. The fourth-order valence-corrected chi connectivity index (χ4v) is 2.72. The number of amides is 2. The van der Waals surface area contributed by atoms with Crippen molar-refractivity contribution in [3.05, 3.63) is 36.2 Å². The van der Waals surface area contributed by atoms with E-state index in [1.165, 1.54) is 0 Å². The van der Waals surface area contributed by atoms with Gasteiger partial charge in [-0.3, -0.25) is 9.59 Å². The smallest absolute Gasteiger partial charge is 0.272 e. The van der Waals surface area contributed by atoms with Gasteiger partial charge in [-0.2, -0.15) is 5.10 Å². The standard InChI is InChI=1S/C16H21N5O2/c1-2-19-7-9-20(10-8-19)15(22)12-17-16(23)14-11-13-5-3-4-6-21(13)18-14/h3-6,11H,2,7-10,12H2,1H3,(H,17,23). The minimum atomic E-state index is -0.325. The molecule has 2 aromatic heterocycles. The largest absolute Gasteiger partial charge is 0.342 e. The molecule has 0 unspecified atom stereocenters. The van der Waals surface area contributed by atoms with Crippen LogP contribution in [-0.2, 0) is 4.79 Å². The van der Waals surface area contributed by atoms with E-state index in [1.807, 2.05) is 18.2 Å². The molecule has 1 aliphatic rings. The van der Waals surface area contributed by atoms with Gasteiger partial charge in [-0.15, -0.1) is 0 Å². The van der Waals surface area contributed by atoms with Crippen molar-refractivity contribution in [1.29, 1.82) is 0 Å². The third-order valence-corrected chi connectivity index (χ3v) is 4.17. The molecule has 2 amide bonds. The third-order valence-electron chi connectivity index (χ3n) is 4.17. The molecule has 0 saturated carbocycles. The highest BCUT2D eigenvalue weighted by atomic mass is 16.2. The molecule has 3 heterocycles. The fraction of sp³-hybridized carbons (Fsp3) is 0.438. The maximum Gasteiger partial charge on any atom is 0.272 e. The first-order valence-corrected chi connectivity index (χ1v) is 7.90. The highest BCUT2D eigenvalue weighted by Crippen LogP contribution is 2.06. The second-order valence-corrected chi connectivity index (χ2v) is 5.60. The number of pyridine rings is 1. The Morgan fingerprint density at radius 1 is 1.22 bits per heavy atom. The molecule has 0 bridgehead atoms. The number of piperazine rings is 1. The monoisotopic (exact) mass is 315 g/mol. The lowest BCUT2D eigenvalue weighted by Crippen LogP contribution is -2.51. The number of nitrogens with zero attached hydrogens (tertiary/aromatic N) is 4. The highest BCUT2D eigenvalue weighted by Gasteiger charge is 2.21. The van der Waals surface area contributed by atoms with Crippen LogP contribution in [0.15, 0.2) is 30.5 Å². The predicted molar refractivity (Wildman–Crippen MR) is 86.2 cm³/mol. The Hall–Kier alpha value is -2.41. The molecule has 3 rings (SSSR count). The van der Waals surface area contributed by atoms with Crippen molar-refractivity contribution in [3.63, 3.8) is 0 Å². The zero-order valence-electron chi connectivity index (χ0n) is 13.2. The molecule has 0 atom stereocenters. The quantitative estimate of drug-likeness (QED) is 0.877. The minimum absolute atomic E-state index is 0.0127. The van der Waals surface area contributed by atoms with Crippen molar-refractivity contribution in [2.45, 2.75) is 6.92 Å². The van der Waals surface area contributed by atoms with Gasteiger partial charge < -0.3 is 15.1 Å². The van der Waals surface area contributed by atoms with E-state index >= 15 is 0 Å². The molecule has 2 aromatic rings. The van der Waals surface area contributed by atoms with E-state index in [1.54, 1.807) is 21.7 Å². The van der Waals surface area contributed by atoms with E-state index in [4.69, 9.17) is 0 Å². The number of hydrogen-bond acceptors (Lipinski definition) is 4. The predicted octanol–water partition coefficient (Wildman–Crippen LogP) is 0.228. The van der Waals surface area contributed by atoms with Crippen LogP contribution in [0.1, 0.15) is 17.4 Å². The zero-order chi connectivity index (χ0) is 16.2. The maximum atomic E-state index is 12.2. The van der Waals surface area contributed by atoms with Crippen LogP contribution in [0.5, 0.6) is 0 Å². The summed E-state index contributed by atoms with van der Waals surface area (Å²) in [6.45, 7) is 6.36. The SMILES string of the molecule is CCN1CCN(C(=O)CNC(=O)c2cc3ccccn3n2)CC1. The Bertz CT molecular complexity index is 670. The first kappa shape index (κ1) is 15.5. The molecule has 0 radical (unpaired) electrons. The summed E-state index contributed by atoms with van der Waals surface area (Å²) >= 11 is 0. The van der Waals surface area contributed by atoms with Gasteiger partial charge >= 0.3 is 0 Å². The maximum absolute atomic E-state index is 12.2. The molecule has 0 spiro atoms. The van der Waals surface area contributed by atoms with Crippen molar-refractivity contribution in [2.75, 3.05) is 39.3 Å². The van der Waals surface area contributed by atoms with E-state index in [-0.39, 0.29) is 18.4 Å². The Kier molecular flexibility index (Phi) is 4.57. The summed E-state index contributed by atoms with van der Waals surface area (Å²) in [6.07, 6.45) is 1.78. The van der Waals surface area contributed by atoms with Crippen molar-refractivity contribution in [1.82, 2.24) is 24.7 Å². The van der Waals surface area contributed by atoms with Gasteiger partial charge in [0.1, 0.15) is 0 Å². The van der Waals surface area contributed by atoms with Gasteiger partial charge in [0.15, 0.2) is 5.69 Å². The normalized spacial score (nSPS) is 15.8. The summed E-state index contributed by atoms with van der Waals surface area (Å²) in [4.78, 5) is 28.4. The number of likely N-dealkylation sites (N-methyl/N-ethyl adjacent to an activating group) is 1. The van der Waals surface area contributed by atoms with Crippen LogP contribution in [0.25, 0.3) is 5.52 Å². The summed E-state index contributed by atoms with van der Waals surface area (Å²) < 4.78 is 1.64. The molecule has 122 valence electrons. The van der Waals surface area contributed by atoms with Crippen LogP contribution in [0.2, 0.25) is 0 Å². The second kappa shape index (κ2) is 6.78. The number of hydrogen-bond donors (Lipinski definition) is 1. The van der Waals surface area contributed by atoms with Gasteiger partial charge in [0.2, 0.25) is 5.91 Å². The number of aromatic nitrogens is 2. The number of rotatable bonds is 4. The van der Waals surface area contributed by atoms with Gasteiger partial charge in [-0.25, -0.2) is 4.52 Å². The minimum Gasteiger partial charge on any atom is -0.342 e. The Balaban J connectivity index is 1.53. The Morgan fingerprint density at radius 3 is 2.70 bits per heavy atom. The van der Waals surface area contributed by atoms with Crippen LogP contribution in [-0.4, -0.2) is 70.5 Å². The van der Waals surface area contributed by atoms with Crippen LogP contribution in [0.3, 0.4) is 0 Å². The lowest BCUT2D eigenvalue weighted by molar-refractivity contribution is -0.131. The average Bonchev–Trinajstić information content (AvgIpc) is 3.03. The zero-order valence-corrected chi connectivity index (χ0v) is 13.2. The average molecular weight is 315 g/mol. The first-order valence-electron chi connectivity index (χ1n) is 7.90. The Labute approximate surface area is 134 Å². The lowest BCUT2D eigenvalue weighted by Gasteiger charge is -2.34. The van der Waals surface area contributed by atoms with Gasteiger partial charge in [0, 0.05) is 32.4 Å². The van der Waals surface area contributed by atoms with Crippen molar-refractivity contribution in [3.8, 4) is 0 Å². The first-order chi connectivity index (χ1) is 11.2. The van der Waals surface area contributed by atoms with Crippen LogP contribution >= 0.6 is 0 Å². The van der Waals surface area contributed by atoms with Gasteiger partial charge in [0.25, 0.3) is 5.91 Å². The van der Waals surface area contributed by atoms with Crippen LogP contribution in [0.4, 0.5) is 0 Å². The van der Waals surface area contributed by atoms with Crippen molar-refractivity contribution in [2.24, 2.45) is 0 Å². The van der Waals surface area contributed by atoms with Gasteiger partial charge in [-0.05, 0) is 24.7 Å². The van der Waals surface area contributed by atoms with Gasteiger partial charge in [0.05, 0.1) is 12.1 Å². The van der Waals surface area contributed by atoms with Crippen LogP contribution < -0.4 is 5.32 Å². The highest BCUT2D eigenvalue weighted by molar-refractivity contribution is 5.95. The van der Waals surface area contributed by atoms with Crippen molar-refractivity contribution < 1.29 is 9.59 Å². The molecule has 7 nitrogen and oxygen atoms in total. The lowest BCUT2D eigenvalue weighted by atomic mass is 10.3.